The average Bonchev–Trinajstić information content (AvgIpc) is 2.35. The maximum absolute atomic E-state index is 9.40. The highest BCUT2D eigenvalue weighted by atomic mass is 35.5. The summed E-state index contributed by atoms with van der Waals surface area (Å²) in [5.74, 6) is 0.384. The minimum atomic E-state index is 0.0885. The van der Waals surface area contributed by atoms with Crippen LogP contribution in [0.15, 0.2) is 36.9 Å². The molecule has 0 aliphatic carbocycles. The van der Waals surface area contributed by atoms with E-state index in [9.17, 15) is 5.11 Å². The number of nitrogens with one attached hydrogen (secondary N) is 1. The Morgan fingerprint density at radius 2 is 1.94 bits per heavy atom. The number of hydrogen-bond donors (Lipinski definition) is 2. The first-order valence-corrected chi connectivity index (χ1v) is 6.69. The molecule has 1 rings (SSSR count). The van der Waals surface area contributed by atoms with E-state index in [2.05, 4.69) is 25.7 Å². The van der Waals surface area contributed by atoms with E-state index in [1.165, 1.54) is 5.56 Å². The van der Waals surface area contributed by atoms with Crippen LogP contribution in [0.1, 0.15) is 31.9 Å². The molecule has 2 nitrogen and oxygen atoms in total. The molecular weight excluding hydrogens is 246 g/mol. The second kappa shape index (κ2) is 7.57. The molecule has 0 spiro atoms. The standard InChI is InChI=1S/C15H22ClNO/c1-4-5-14(17-15(10-18)11(2)3)12-6-8-13(16)9-7-12/h4,6-9,11,14-15,17-18H,1,5,10H2,2-3H3/t14-,15+/m0/s1. The molecule has 2 N–H and O–H groups in total. The van der Waals surface area contributed by atoms with Crippen LogP contribution in [0.25, 0.3) is 0 Å². The highest BCUT2D eigenvalue weighted by Crippen LogP contribution is 2.21. The van der Waals surface area contributed by atoms with Crippen LogP contribution in [0.3, 0.4) is 0 Å². The fraction of sp³-hybridized carbons (Fsp3) is 0.467. The van der Waals surface area contributed by atoms with Gasteiger partial charge in [-0.15, -0.1) is 6.58 Å². The van der Waals surface area contributed by atoms with Gasteiger partial charge in [-0.05, 0) is 30.0 Å². The van der Waals surface area contributed by atoms with Crippen LogP contribution in [0.5, 0.6) is 0 Å². The molecule has 0 saturated heterocycles. The molecule has 3 heteroatoms. The quantitative estimate of drug-likeness (QED) is 0.741. The zero-order valence-electron chi connectivity index (χ0n) is 11.1. The smallest absolute Gasteiger partial charge is 0.0587 e. The molecule has 0 amide bonds. The van der Waals surface area contributed by atoms with Crippen LogP contribution in [-0.2, 0) is 0 Å². The second-order valence-corrected chi connectivity index (χ2v) is 5.26. The van der Waals surface area contributed by atoms with Crippen molar-refractivity contribution in [1.29, 1.82) is 0 Å². The maximum Gasteiger partial charge on any atom is 0.0587 e. The fourth-order valence-electron chi connectivity index (χ4n) is 1.88. The van der Waals surface area contributed by atoms with Gasteiger partial charge in [-0.2, -0.15) is 0 Å². The van der Waals surface area contributed by atoms with Gasteiger partial charge in [0.2, 0.25) is 0 Å². The molecule has 0 aliphatic heterocycles. The summed E-state index contributed by atoms with van der Waals surface area (Å²) < 4.78 is 0. The third-order valence-electron chi connectivity index (χ3n) is 3.09. The van der Waals surface area contributed by atoms with Crippen LogP contribution < -0.4 is 5.32 Å². The Bertz CT molecular complexity index is 361. The normalized spacial score (nSPS) is 14.5. The Balaban J connectivity index is 2.81. The molecule has 0 heterocycles. The first kappa shape index (κ1) is 15.2. The van der Waals surface area contributed by atoms with Crippen molar-refractivity contribution in [2.75, 3.05) is 6.61 Å². The van der Waals surface area contributed by atoms with Crippen molar-refractivity contribution in [3.8, 4) is 0 Å². The molecule has 0 fully saturated rings. The number of benzene rings is 1. The molecule has 18 heavy (non-hydrogen) atoms. The van der Waals surface area contributed by atoms with Gasteiger partial charge < -0.3 is 10.4 Å². The van der Waals surface area contributed by atoms with E-state index in [4.69, 9.17) is 11.6 Å². The number of aliphatic hydroxyl groups is 1. The van der Waals surface area contributed by atoms with Crippen molar-refractivity contribution in [3.05, 3.63) is 47.5 Å². The monoisotopic (exact) mass is 267 g/mol. The first-order chi connectivity index (χ1) is 8.58. The Morgan fingerprint density at radius 3 is 2.39 bits per heavy atom. The van der Waals surface area contributed by atoms with Crippen molar-refractivity contribution >= 4 is 11.6 Å². The van der Waals surface area contributed by atoms with Crippen LogP contribution in [0, 0.1) is 5.92 Å². The largest absolute Gasteiger partial charge is 0.395 e. The van der Waals surface area contributed by atoms with Gasteiger partial charge >= 0.3 is 0 Å². The molecular formula is C15H22ClNO. The molecule has 0 radical (unpaired) electrons. The molecule has 1 aromatic rings. The van der Waals surface area contributed by atoms with Crippen LogP contribution in [0.4, 0.5) is 0 Å². The Morgan fingerprint density at radius 1 is 1.33 bits per heavy atom. The third kappa shape index (κ3) is 4.45. The molecule has 2 atom stereocenters. The van der Waals surface area contributed by atoms with Gasteiger partial charge in [0.05, 0.1) is 6.61 Å². The third-order valence-corrected chi connectivity index (χ3v) is 3.34. The zero-order valence-corrected chi connectivity index (χ0v) is 11.8. The van der Waals surface area contributed by atoms with Crippen molar-refractivity contribution in [2.45, 2.75) is 32.4 Å². The minimum Gasteiger partial charge on any atom is -0.395 e. The summed E-state index contributed by atoms with van der Waals surface area (Å²) in [7, 11) is 0. The average molecular weight is 268 g/mol. The summed E-state index contributed by atoms with van der Waals surface area (Å²) in [4.78, 5) is 0. The van der Waals surface area contributed by atoms with E-state index in [1.54, 1.807) is 0 Å². The van der Waals surface area contributed by atoms with Gasteiger partial charge in [0.15, 0.2) is 0 Å². The van der Waals surface area contributed by atoms with Crippen LogP contribution in [-0.4, -0.2) is 17.8 Å². The zero-order chi connectivity index (χ0) is 13.5. The number of rotatable bonds is 7. The molecule has 0 bridgehead atoms. The van der Waals surface area contributed by atoms with E-state index in [1.807, 2.05) is 30.3 Å². The predicted molar refractivity (Wildman–Crippen MR) is 77.9 cm³/mol. The Labute approximate surface area is 115 Å². The lowest BCUT2D eigenvalue weighted by atomic mass is 9.99. The molecule has 100 valence electrons. The number of hydrogen-bond acceptors (Lipinski definition) is 2. The summed E-state index contributed by atoms with van der Waals surface area (Å²) >= 11 is 5.90. The summed E-state index contributed by atoms with van der Waals surface area (Å²) in [6, 6.07) is 8.05. The predicted octanol–water partition coefficient (Wildman–Crippen LogP) is 3.56. The summed E-state index contributed by atoms with van der Waals surface area (Å²) in [5, 5.41) is 13.6. The van der Waals surface area contributed by atoms with E-state index >= 15 is 0 Å². The van der Waals surface area contributed by atoms with Crippen LogP contribution in [0.2, 0.25) is 5.02 Å². The lowest BCUT2D eigenvalue weighted by Gasteiger charge is -2.27. The molecule has 0 aromatic heterocycles. The van der Waals surface area contributed by atoms with Gasteiger partial charge in [0.1, 0.15) is 0 Å². The van der Waals surface area contributed by atoms with Gasteiger partial charge in [0, 0.05) is 17.1 Å². The first-order valence-electron chi connectivity index (χ1n) is 6.31. The SMILES string of the molecule is C=CC[C@H](N[C@H](CO)C(C)C)c1ccc(Cl)cc1. The van der Waals surface area contributed by atoms with E-state index < -0.39 is 0 Å². The van der Waals surface area contributed by atoms with E-state index in [-0.39, 0.29) is 18.7 Å². The van der Waals surface area contributed by atoms with Crippen molar-refractivity contribution in [1.82, 2.24) is 5.32 Å². The maximum atomic E-state index is 9.40. The second-order valence-electron chi connectivity index (χ2n) is 4.83. The van der Waals surface area contributed by atoms with Gasteiger partial charge in [-0.3, -0.25) is 0 Å². The molecule has 0 aliphatic rings. The number of aliphatic hydroxyl groups excluding tert-OH is 1. The lowest BCUT2D eigenvalue weighted by molar-refractivity contribution is 0.199. The molecule has 1 aromatic carbocycles. The van der Waals surface area contributed by atoms with Crippen LogP contribution >= 0.6 is 11.6 Å². The lowest BCUT2D eigenvalue weighted by Crippen LogP contribution is -2.39. The van der Waals surface area contributed by atoms with Crippen molar-refractivity contribution < 1.29 is 5.11 Å². The van der Waals surface area contributed by atoms with Crippen molar-refractivity contribution in [2.24, 2.45) is 5.92 Å². The highest BCUT2D eigenvalue weighted by molar-refractivity contribution is 6.30. The minimum absolute atomic E-state index is 0.0885. The Kier molecular flexibility index (Phi) is 6.41. The molecule has 0 saturated carbocycles. The van der Waals surface area contributed by atoms with E-state index in [0.29, 0.717) is 5.92 Å². The van der Waals surface area contributed by atoms with Gasteiger partial charge in [-0.1, -0.05) is 43.7 Å². The van der Waals surface area contributed by atoms with Gasteiger partial charge in [0.25, 0.3) is 0 Å². The molecule has 0 unspecified atom stereocenters. The van der Waals surface area contributed by atoms with E-state index in [0.717, 1.165) is 11.4 Å². The highest BCUT2D eigenvalue weighted by Gasteiger charge is 2.18. The van der Waals surface area contributed by atoms with Crippen molar-refractivity contribution in [3.63, 3.8) is 0 Å². The summed E-state index contributed by atoms with van der Waals surface area (Å²) in [6.07, 6.45) is 2.71. The summed E-state index contributed by atoms with van der Waals surface area (Å²) in [6.45, 7) is 8.13. The fourth-order valence-corrected chi connectivity index (χ4v) is 2.00. The number of halogens is 1. The van der Waals surface area contributed by atoms with Gasteiger partial charge in [-0.25, -0.2) is 0 Å². The topological polar surface area (TPSA) is 32.3 Å². The Hall–Kier alpha value is -0.830. The summed E-state index contributed by atoms with van der Waals surface area (Å²) in [5.41, 5.74) is 1.17.